The van der Waals surface area contributed by atoms with Gasteiger partial charge in [-0.1, -0.05) is 19.3 Å². The molecular formula is C15H31N3O. The Balaban J connectivity index is 2.50. The third-order valence-electron chi connectivity index (χ3n) is 4.11. The Hall–Kier alpha value is -0.610. The summed E-state index contributed by atoms with van der Waals surface area (Å²) in [6.45, 7) is 4.75. The fourth-order valence-electron chi connectivity index (χ4n) is 2.88. The normalized spacial score (nSPS) is 24.3. The number of rotatable bonds is 6. The van der Waals surface area contributed by atoms with Crippen molar-refractivity contribution in [3.8, 4) is 0 Å². The lowest BCUT2D eigenvalue weighted by molar-refractivity contribution is -0.136. The van der Waals surface area contributed by atoms with Gasteiger partial charge in [0.15, 0.2) is 0 Å². The standard InChI is InChI=1S/C15H31N3O/c1-4-18(12-8-11-17(2)3)15(19)13-9-6-5-7-10-14(13)16/h13-14H,4-12,16H2,1-3H3. The maximum Gasteiger partial charge on any atom is 0.227 e. The van der Waals surface area contributed by atoms with Crippen molar-refractivity contribution in [1.82, 2.24) is 9.80 Å². The molecule has 2 atom stereocenters. The Morgan fingerprint density at radius 1 is 1.16 bits per heavy atom. The summed E-state index contributed by atoms with van der Waals surface area (Å²) in [6.07, 6.45) is 6.58. The molecule has 0 spiro atoms. The molecule has 1 aliphatic rings. The highest BCUT2D eigenvalue weighted by Crippen LogP contribution is 2.24. The molecule has 0 aromatic carbocycles. The molecule has 1 fully saturated rings. The van der Waals surface area contributed by atoms with Crippen LogP contribution in [0.2, 0.25) is 0 Å². The summed E-state index contributed by atoms with van der Waals surface area (Å²) < 4.78 is 0. The van der Waals surface area contributed by atoms with E-state index in [9.17, 15) is 4.79 Å². The number of carbonyl (C=O) groups excluding carboxylic acids is 1. The van der Waals surface area contributed by atoms with Gasteiger partial charge in [-0.25, -0.2) is 0 Å². The molecule has 2 N–H and O–H groups in total. The topological polar surface area (TPSA) is 49.6 Å². The molecule has 1 saturated carbocycles. The van der Waals surface area contributed by atoms with E-state index in [1.807, 2.05) is 4.90 Å². The molecule has 0 aromatic rings. The molecule has 0 saturated heterocycles. The van der Waals surface area contributed by atoms with Crippen LogP contribution in [0.4, 0.5) is 0 Å². The van der Waals surface area contributed by atoms with Gasteiger partial charge in [-0.2, -0.15) is 0 Å². The van der Waals surface area contributed by atoms with Crippen molar-refractivity contribution in [2.24, 2.45) is 11.7 Å². The van der Waals surface area contributed by atoms with Crippen molar-refractivity contribution in [2.45, 2.75) is 51.5 Å². The Morgan fingerprint density at radius 2 is 1.84 bits per heavy atom. The van der Waals surface area contributed by atoms with Crippen LogP contribution in [0.25, 0.3) is 0 Å². The fourth-order valence-corrected chi connectivity index (χ4v) is 2.88. The summed E-state index contributed by atoms with van der Waals surface area (Å²) in [6, 6.07) is 0.0675. The molecule has 1 amide bonds. The van der Waals surface area contributed by atoms with E-state index in [1.165, 1.54) is 12.8 Å². The van der Waals surface area contributed by atoms with Gasteiger partial charge in [-0.15, -0.1) is 0 Å². The summed E-state index contributed by atoms with van der Waals surface area (Å²) in [7, 11) is 4.14. The summed E-state index contributed by atoms with van der Waals surface area (Å²) in [5.74, 6) is 0.345. The number of nitrogens with two attached hydrogens (primary N) is 1. The van der Waals surface area contributed by atoms with Crippen LogP contribution in [0.5, 0.6) is 0 Å². The zero-order chi connectivity index (χ0) is 14.3. The average molecular weight is 269 g/mol. The van der Waals surface area contributed by atoms with E-state index >= 15 is 0 Å². The lowest BCUT2D eigenvalue weighted by atomic mass is 9.94. The molecule has 112 valence electrons. The molecule has 1 rings (SSSR count). The number of nitrogens with zero attached hydrogens (tertiary/aromatic N) is 2. The lowest BCUT2D eigenvalue weighted by Gasteiger charge is -2.29. The van der Waals surface area contributed by atoms with E-state index in [1.54, 1.807) is 0 Å². The van der Waals surface area contributed by atoms with Gasteiger partial charge in [0.25, 0.3) is 0 Å². The number of amides is 1. The lowest BCUT2D eigenvalue weighted by Crippen LogP contribution is -2.44. The monoisotopic (exact) mass is 269 g/mol. The summed E-state index contributed by atoms with van der Waals surface area (Å²) in [5.41, 5.74) is 6.19. The summed E-state index contributed by atoms with van der Waals surface area (Å²) in [4.78, 5) is 16.8. The zero-order valence-corrected chi connectivity index (χ0v) is 12.9. The highest BCUT2D eigenvalue weighted by atomic mass is 16.2. The first-order valence-corrected chi connectivity index (χ1v) is 7.75. The Bertz CT molecular complexity index is 268. The van der Waals surface area contributed by atoms with Crippen molar-refractivity contribution >= 4 is 5.91 Å². The number of hydrogen-bond donors (Lipinski definition) is 1. The Morgan fingerprint density at radius 3 is 2.47 bits per heavy atom. The van der Waals surface area contributed by atoms with Crippen LogP contribution >= 0.6 is 0 Å². The van der Waals surface area contributed by atoms with Crippen LogP contribution in [0.1, 0.15) is 45.4 Å². The predicted molar refractivity (Wildman–Crippen MR) is 80.0 cm³/mol. The first-order valence-electron chi connectivity index (χ1n) is 7.75. The smallest absolute Gasteiger partial charge is 0.227 e. The Kier molecular flexibility index (Phi) is 7.39. The molecule has 4 heteroatoms. The quantitative estimate of drug-likeness (QED) is 0.747. The fraction of sp³-hybridized carbons (Fsp3) is 0.933. The summed E-state index contributed by atoms with van der Waals surface area (Å²) >= 11 is 0. The maximum absolute atomic E-state index is 12.6. The minimum atomic E-state index is 0.0572. The van der Waals surface area contributed by atoms with Gasteiger partial charge in [-0.3, -0.25) is 4.79 Å². The third-order valence-corrected chi connectivity index (χ3v) is 4.11. The van der Waals surface area contributed by atoms with Gasteiger partial charge >= 0.3 is 0 Å². The molecule has 0 aliphatic heterocycles. The molecule has 0 aromatic heterocycles. The van der Waals surface area contributed by atoms with Gasteiger partial charge in [0, 0.05) is 19.1 Å². The summed E-state index contributed by atoms with van der Waals surface area (Å²) in [5, 5.41) is 0. The first kappa shape index (κ1) is 16.4. The van der Waals surface area contributed by atoms with Crippen LogP contribution in [-0.2, 0) is 4.79 Å². The van der Waals surface area contributed by atoms with Crippen molar-refractivity contribution in [2.75, 3.05) is 33.7 Å². The molecule has 19 heavy (non-hydrogen) atoms. The largest absolute Gasteiger partial charge is 0.343 e. The van der Waals surface area contributed by atoms with Crippen molar-refractivity contribution in [3.63, 3.8) is 0 Å². The first-order chi connectivity index (χ1) is 9.06. The van der Waals surface area contributed by atoms with Gasteiger partial charge in [0.05, 0.1) is 5.92 Å². The van der Waals surface area contributed by atoms with E-state index in [4.69, 9.17) is 5.73 Å². The molecule has 0 radical (unpaired) electrons. The van der Waals surface area contributed by atoms with E-state index in [0.717, 1.165) is 45.3 Å². The SMILES string of the molecule is CCN(CCCN(C)C)C(=O)C1CCCCCC1N. The van der Waals surface area contributed by atoms with E-state index < -0.39 is 0 Å². The van der Waals surface area contributed by atoms with Crippen LogP contribution in [0.15, 0.2) is 0 Å². The predicted octanol–water partition coefficient (Wildman–Crippen LogP) is 1.69. The second kappa shape index (κ2) is 8.54. The Labute approximate surface area is 118 Å². The minimum Gasteiger partial charge on any atom is -0.343 e. The molecule has 2 unspecified atom stereocenters. The third kappa shape index (κ3) is 5.49. The number of carbonyl (C=O) groups is 1. The van der Waals surface area contributed by atoms with Crippen molar-refractivity contribution in [1.29, 1.82) is 0 Å². The second-order valence-electron chi connectivity index (χ2n) is 5.98. The minimum absolute atomic E-state index is 0.0572. The molecule has 0 bridgehead atoms. The van der Waals surface area contributed by atoms with Gasteiger partial charge in [0.1, 0.15) is 0 Å². The second-order valence-corrected chi connectivity index (χ2v) is 5.98. The molecular weight excluding hydrogens is 238 g/mol. The molecule has 1 aliphatic carbocycles. The molecule has 0 heterocycles. The van der Waals surface area contributed by atoms with Crippen LogP contribution in [0, 0.1) is 5.92 Å². The van der Waals surface area contributed by atoms with Crippen molar-refractivity contribution in [3.05, 3.63) is 0 Å². The van der Waals surface area contributed by atoms with Gasteiger partial charge in [-0.05, 0) is 46.8 Å². The van der Waals surface area contributed by atoms with E-state index in [-0.39, 0.29) is 17.9 Å². The van der Waals surface area contributed by atoms with E-state index in [2.05, 4.69) is 25.9 Å². The number of hydrogen-bond acceptors (Lipinski definition) is 3. The molecule has 4 nitrogen and oxygen atoms in total. The van der Waals surface area contributed by atoms with Crippen LogP contribution < -0.4 is 5.73 Å². The average Bonchev–Trinajstić information content (AvgIpc) is 2.58. The van der Waals surface area contributed by atoms with Crippen molar-refractivity contribution < 1.29 is 4.79 Å². The highest BCUT2D eigenvalue weighted by molar-refractivity contribution is 5.79. The van der Waals surface area contributed by atoms with Gasteiger partial charge < -0.3 is 15.5 Å². The van der Waals surface area contributed by atoms with Crippen LogP contribution in [0.3, 0.4) is 0 Å². The zero-order valence-electron chi connectivity index (χ0n) is 12.9. The highest BCUT2D eigenvalue weighted by Gasteiger charge is 2.29. The van der Waals surface area contributed by atoms with Crippen LogP contribution in [-0.4, -0.2) is 55.5 Å². The van der Waals surface area contributed by atoms with E-state index in [0.29, 0.717) is 0 Å². The maximum atomic E-state index is 12.6. The van der Waals surface area contributed by atoms with Gasteiger partial charge in [0.2, 0.25) is 5.91 Å².